The van der Waals surface area contributed by atoms with Crippen LogP contribution < -0.4 is 0 Å². The van der Waals surface area contributed by atoms with Crippen LogP contribution in [0.3, 0.4) is 0 Å². The number of rotatable bonds is 2. The summed E-state index contributed by atoms with van der Waals surface area (Å²) in [6.45, 7) is 0.952. The van der Waals surface area contributed by atoms with Crippen molar-refractivity contribution < 1.29 is 9.47 Å². The monoisotopic (exact) mass is 154 g/mol. The van der Waals surface area contributed by atoms with Crippen LogP contribution >= 0.6 is 0 Å². The summed E-state index contributed by atoms with van der Waals surface area (Å²) >= 11 is 0. The number of hydrogen-bond donors (Lipinski definition) is 0. The molecule has 0 aromatic rings. The van der Waals surface area contributed by atoms with Gasteiger partial charge in [-0.25, -0.2) is 0 Å². The van der Waals surface area contributed by atoms with Crippen molar-refractivity contribution in [1.29, 1.82) is 0 Å². The van der Waals surface area contributed by atoms with E-state index in [1.807, 2.05) is 0 Å². The van der Waals surface area contributed by atoms with E-state index in [1.165, 1.54) is 12.8 Å². The van der Waals surface area contributed by atoms with Crippen LogP contribution in [0, 0.1) is 17.8 Å². The van der Waals surface area contributed by atoms with Crippen LogP contribution in [0.2, 0.25) is 0 Å². The van der Waals surface area contributed by atoms with Crippen molar-refractivity contribution in [2.24, 2.45) is 17.8 Å². The van der Waals surface area contributed by atoms with Crippen molar-refractivity contribution in [1.82, 2.24) is 0 Å². The van der Waals surface area contributed by atoms with Gasteiger partial charge in [-0.15, -0.1) is 0 Å². The summed E-state index contributed by atoms with van der Waals surface area (Å²) in [6, 6.07) is 0. The van der Waals surface area contributed by atoms with Crippen LogP contribution in [0.1, 0.15) is 12.8 Å². The lowest BCUT2D eigenvalue weighted by atomic mass is 9.90. The van der Waals surface area contributed by atoms with Crippen molar-refractivity contribution in [3.8, 4) is 0 Å². The SMILES string of the molecule is COCC1CC2CC1C1OC21. The Hall–Kier alpha value is -0.0800. The molecule has 2 heteroatoms. The van der Waals surface area contributed by atoms with Crippen LogP contribution in [-0.4, -0.2) is 25.9 Å². The highest BCUT2D eigenvalue weighted by molar-refractivity contribution is 5.10. The van der Waals surface area contributed by atoms with Gasteiger partial charge in [0, 0.05) is 13.7 Å². The van der Waals surface area contributed by atoms with Gasteiger partial charge in [-0.05, 0) is 30.6 Å². The standard InChI is InChI=1S/C9H14O2/c1-10-4-6-2-5-3-7(6)9-8(5)11-9/h5-9H,2-4H2,1H3. The third kappa shape index (κ3) is 0.744. The Kier molecular flexibility index (Phi) is 1.16. The van der Waals surface area contributed by atoms with Crippen molar-refractivity contribution in [3.63, 3.8) is 0 Å². The Morgan fingerprint density at radius 3 is 2.91 bits per heavy atom. The van der Waals surface area contributed by atoms with Gasteiger partial charge in [-0.3, -0.25) is 0 Å². The molecule has 1 heterocycles. The Balaban J connectivity index is 1.73. The summed E-state index contributed by atoms with van der Waals surface area (Å²) in [6.07, 6.45) is 4.10. The minimum Gasteiger partial charge on any atom is -0.384 e. The highest BCUT2D eigenvalue weighted by Crippen LogP contribution is 2.58. The van der Waals surface area contributed by atoms with Gasteiger partial charge in [0.15, 0.2) is 0 Å². The van der Waals surface area contributed by atoms with Crippen LogP contribution in [-0.2, 0) is 9.47 Å². The van der Waals surface area contributed by atoms with Crippen LogP contribution in [0.4, 0.5) is 0 Å². The Labute approximate surface area is 66.9 Å². The molecule has 62 valence electrons. The van der Waals surface area contributed by atoms with E-state index in [1.54, 1.807) is 7.11 Å². The van der Waals surface area contributed by atoms with Gasteiger partial charge in [0.05, 0.1) is 12.2 Å². The smallest absolute Gasteiger partial charge is 0.0876 e. The molecule has 1 saturated heterocycles. The zero-order valence-electron chi connectivity index (χ0n) is 6.82. The van der Waals surface area contributed by atoms with E-state index in [4.69, 9.17) is 9.47 Å². The molecule has 3 rings (SSSR count). The molecule has 0 spiro atoms. The van der Waals surface area contributed by atoms with Gasteiger partial charge in [0.25, 0.3) is 0 Å². The van der Waals surface area contributed by atoms with Gasteiger partial charge in [0.1, 0.15) is 0 Å². The summed E-state index contributed by atoms with van der Waals surface area (Å²) in [7, 11) is 1.80. The lowest BCUT2D eigenvalue weighted by molar-refractivity contribution is 0.122. The molecule has 1 aliphatic heterocycles. The number of methoxy groups -OCH3 is 1. The second-order valence-corrected chi connectivity index (χ2v) is 4.18. The minimum atomic E-state index is 0.647. The van der Waals surface area contributed by atoms with Gasteiger partial charge in [-0.1, -0.05) is 0 Å². The van der Waals surface area contributed by atoms with Gasteiger partial charge < -0.3 is 9.47 Å². The number of hydrogen-bond acceptors (Lipinski definition) is 2. The molecule has 11 heavy (non-hydrogen) atoms. The first-order valence-electron chi connectivity index (χ1n) is 4.54. The van der Waals surface area contributed by atoms with Crippen molar-refractivity contribution in [2.75, 3.05) is 13.7 Å². The fraction of sp³-hybridized carbons (Fsp3) is 1.00. The summed E-state index contributed by atoms with van der Waals surface area (Å²) < 4.78 is 10.8. The van der Waals surface area contributed by atoms with E-state index in [9.17, 15) is 0 Å². The summed E-state index contributed by atoms with van der Waals surface area (Å²) in [5, 5.41) is 0. The lowest BCUT2D eigenvalue weighted by Crippen LogP contribution is -2.21. The molecule has 0 amide bonds. The fourth-order valence-corrected chi connectivity index (χ4v) is 3.14. The first-order valence-corrected chi connectivity index (χ1v) is 4.54. The Morgan fingerprint density at radius 2 is 2.27 bits per heavy atom. The number of ether oxygens (including phenoxy) is 2. The molecule has 2 nitrogen and oxygen atoms in total. The van der Waals surface area contributed by atoms with Crippen LogP contribution in [0.15, 0.2) is 0 Å². The molecule has 0 N–H and O–H groups in total. The van der Waals surface area contributed by atoms with Gasteiger partial charge in [-0.2, -0.15) is 0 Å². The Morgan fingerprint density at radius 1 is 1.36 bits per heavy atom. The average Bonchev–Trinajstić information content (AvgIpc) is 2.62. The molecule has 5 atom stereocenters. The molecule has 0 aromatic heterocycles. The summed E-state index contributed by atoms with van der Waals surface area (Å²) in [5.74, 6) is 2.56. The largest absolute Gasteiger partial charge is 0.384 e. The normalized spacial score (nSPS) is 58.1. The molecule has 0 radical (unpaired) electrons. The fourth-order valence-electron chi connectivity index (χ4n) is 3.14. The summed E-state index contributed by atoms with van der Waals surface area (Å²) in [4.78, 5) is 0. The minimum absolute atomic E-state index is 0.647. The molecular weight excluding hydrogens is 140 g/mol. The van der Waals surface area contributed by atoms with Gasteiger partial charge in [0.2, 0.25) is 0 Å². The lowest BCUT2D eigenvalue weighted by Gasteiger charge is -2.17. The summed E-state index contributed by atoms with van der Waals surface area (Å²) in [5.41, 5.74) is 0. The predicted octanol–water partition coefficient (Wildman–Crippen LogP) is 1.06. The zero-order chi connectivity index (χ0) is 7.42. The van der Waals surface area contributed by atoms with E-state index in [2.05, 4.69) is 0 Å². The van der Waals surface area contributed by atoms with Crippen molar-refractivity contribution in [2.45, 2.75) is 25.0 Å². The molecule has 2 bridgehead atoms. The van der Waals surface area contributed by atoms with E-state index in [0.29, 0.717) is 12.2 Å². The Bertz CT molecular complexity index is 180. The maximum absolute atomic E-state index is 5.56. The number of epoxide rings is 1. The predicted molar refractivity (Wildman–Crippen MR) is 40.2 cm³/mol. The molecular formula is C9H14O2. The molecule has 0 aromatic carbocycles. The third-order valence-electron chi connectivity index (χ3n) is 3.61. The second kappa shape index (κ2) is 1.99. The average molecular weight is 154 g/mol. The molecule has 2 saturated carbocycles. The van der Waals surface area contributed by atoms with E-state index in [0.717, 1.165) is 24.4 Å². The topological polar surface area (TPSA) is 21.8 Å². The molecule has 5 unspecified atom stereocenters. The first kappa shape index (κ1) is 6.44. The zero-order valence-corrected chi connectivity index (χ0v) is 6.82. The van der Waals surface area contributed by atoms with Crippen molar-refractivity contribution in [3.05, 3.63) is 0 Å². The maximum atomic E-state index is 5.56. The van der Waals surface area contributed by atoms with E-state index >= 15 is 0 Å². The quantitative estimate of drug-likeness (QED) is 0.555. The molecule has 3 aliphatic rings. The van der Waals surface area contributed by atoms with E-state index in [-0.39, 0.29) is 0 Å². The maximum Gasteiger partial charge on any atom is 0.0876 e. The van der Waals surface area contributed by atoms with Crippen LogP contribution in [0.25, 0.3) is 0 Å². The third-order valence-corrected chi connectivity index (χ3v) is 3.61. The highest BCUT2D eigenvalue weighted by Gasteiger charge is 2.62. The highest BCUT2D eigenvalue weighted by atomic mass is 16.6. The number of fused-ring (bicyclic) bond motifs is 5. The molecule has 2 aliphatic carbocycles. The second-order valence-electron chi connectivity index (χ2n) is 4.18. The van der Waals surface area contributed by atoms with Gasteiger partial charge >= 0.3 is 0 Å². The molecule has 3 fully saturated rings. The van der Waals surface area contributed by atoms with Crippen molar-refractivity contribution >= 4 is 0 Å². The first-order chi connectivity index (χ1) is 5.40. The van der Waals surface area contributed by atoms with Crippen LogP contribution in [0.5, 0.6) is 0 Å². The van der Waals surface area contributed by atoms with E-state index < -0.39 is 0 Å².